The number of aromatic nitrogens is 2. The first-order valence-corrected chi connectivity index (χ1v) is 17.4. The summed E-state index contributed by atoms with van der Waals surface area (Å²) in [4.78, 5) is 56.3. The summed E-state index contributed by atoms with van der Waals surface area (Å²) in [5.74, 6) is -1.10. The summed E-state index contributed by atoms with van der Waals surface area (Å²) < 4.78 is 10.3. The molecule has 0 fully saturated rings. The SMILES string of the molecule is CN(C)CCN(C)C.COC(=O)/C=C\CC(=O)Cc1ccc2ncc(Cl)cc2c1.COC(=O)/C=C\I.NC(=O)Cc1ccc2ncc(Cl)cc2c1. The maximum Gasteiger partial charge on any atom is 0.330 e. The van der Waals surface area contributed by atoms with Crippen molar-refractivity contribution in [3.05, 3.63) is 104 Å². The number of pyridine rings is 2. The van der Waals surface area contributed by atoms with E-state index in [1.54, 1.807) is 16.5 Å². The number of Topliss-reactive ketones (excluding diaryl/α,β-unsaturated/α-hetero) is 1. The minimum absolute atomic E-state index is 0.0180. The molecule has 4 aromatic rings. The molecule has 2 aromatic heterocycles. The standard InChI is InChI=1S/C16H14ClNO3.C11H9ClN2O.C6H16N2.C4H5IO2/c1-21-16(20)4-2-3-14(19)8-11-5-6-15-12(7-11)9-13(17)10-18-15;12-9-5-8-3-7(4-11(13)15)1-2-10(8)14-6-9;1-7(2)5-6-8(3)4;1-7-4(6)2-3-5/h2,4-7,9-10H,3,8H2,1H3;1-3,5-6H,4H2,(H2,13,15);5-6H2,1-4H3;2-3H,1H3/b4-2-;;;3-2-. The van der Waals surface area contributed by atoms with Crippen LogP contribution in [0.1, 0.15) is 17.5 Å². The lowest BCUT2D eigenvalue weighted by Crippen LogP contribution is -2.25. The number of likely N-dealkylation sites (N-methyl/N-ethyl adjacent to an activating group) is 2. The molecule has 0 saturated carbocycles. The lowest BCUT2D eigenvalue weighted by atomic mass is 10.0. The Kier molecular flexibility index (Phi) is 22.2. The number of hydrogen-bond donors (Lipinski definition) is 1. The number of nitrogens with two attached hydrogens (primary N) is 1. The van der Waals surface area contributed by atoms with Gasteiger partial charge in [-0.15, -0.1) is 0 Å². The Hall–Kier alpha value is -3.95. The average Bonchev–Trinajstić information content (AvgIpc) is 3.07. The summed E-state index contributed by atoms with van der Waals surface area (Å²) in [6, 6.07) is 14.8. The number of fused-ring (bicyclic) bond motifs is 2. The van der Waals surface area contributed by atoms with Gasteiger partial charge in [0.15, 0.2) is 0 Å². The van der Waals surface area contributed by atoms with Gasteiger partial charge in [0.05, 0.1) is 41.7 Å². The van der Waals surface area contributed by atoms with Crippen molar-refractivity contribution in [2.75, 3.05) is 55.5 Å². The Bertz CT molecular complexity index is 1790. The molecule has 0 saturated heterocycles. The maximum atomic E-state index is 11.8. The van der Waals surface area contributed by atoms with Crippen molar-refractivity contribution < 1.29 is 28.7 Å². The molecular weight excluding hydrogens is 808 g/mol. The van der Waals surface area contributed by atoms with E-state index in [1.165, 1.54) is 32.4 Å². The van der Waals surface area contributed by atoms with Crippen LogP contribution in [-0.2, 0) is 41.5 Å². The van der Waals surface area contributed by atoms with Gasteiger partial charge in [0.1, 0.15) is 5.78 Å². The predicted molar refractivity (Wildman–Crippen MR) is 213 cm³/mol. The summed E-state index contributed by atoms with van der Waals surface area (Å²) >= 11 is 13.7. The van der Waals surface area contributed by atoms with Crippen molar-refractivity contribution >= 4 is 91.2 Å². The molecule has 2 heterocycles. The van der Waals surface area contributed by atoms with Crippen molar-refractivity contribution in [2.45, 2.75) is 19.3 Å². The fourth-order valence-corrected chi connectivity index (χ4v) is 4.53. The van der Waals surface area contributed by atoms with Gasteiger partial charge in [-0.25, -0.2) is 9.59 Å². The molecule has 0 bridgehead atoms. The van der Waals surface area contributed by atoms with Gasteiger partial charge in [0.25, 0.3) is 0 Å². The zero-order chi connectivity index (χ0) is 38.3. The summed E-state index contributed by atoms with van der Waals surface area (Å²) in [5.41, 5.74) is 8.57. The van der Waals surface area contributed by atoms with E-state index >= 15 is 0 Å². The monoisotopic (exact) mass is 851 g/mol. The van der Waals surface area contributed by atoms with Crippen LogP contribution in [0.3, 0.4) is 0 Å². The molecule has 0 spiro atoms. The van der Waals surface area contributed by atoms with Crippen molar-refractivity contribution in [2.24, 2.45) is 5.73 Å². The number of halogens is 3. The van der Waals surface area contributed by atoms with E-state index in [0.29, 0.717) is 16.5 Å². The molecule has 0 radical (unpaired) electrons. The molecule has 0 aliphatic rings. The lowest BCUT2D eigenvalue weighted by molar-refractivity contribution is -0.135. The van der Waals surface area contributed by atoms with E-state index in [0.717, 1.165) is 46.0 Å². The van der Waals surface area contributed by atoms with Gasteiger partial charge in [-0.05, 0) is 79.8 Å². The zero-order valence-corrected chi connectivity index (χ0v) is 33.2. The second-order valence-corrected chi connectivity index (χ2v) is 12.9. The molecule has 14 heteroatoms. The van der Waals surface area contributed by atoms with E-state index in [4.69, 9.17) is 28.9 Å². The third kappa shape index (κ3) is 20.5. The second kappa shape index (κ2) is 25.1. The van der Waals surface area contributed by atoms with E-state index in [9.17, 15) is 19.2 Å². The van der Waals surface area contributed by atoms with Crippen LogP contribution in [0.15, 0.2) is 83.2 Å². The minimum Gasteiger partial charge on any atom is -0.466 e. The number of methoxy groups -OCH3 is 2. The molecule has 2 N–H and O–H groups in total. The minimum atomic E-state index is -0.464. The highest BCUT2D eigenvalue weighted by molar-refractivity contribution is 14.1. The molecule has 51 heavy (non-hydrogen) atoms. The Morgan fingerprint density at radius 2 is 1.20 bits per heavy atom. The molecule has 4 rings (SSSR count). The highest BCUT2D eigenvalue weighted by atomic mass is 127. The number of ketones is 1. The first kappa shape index (κ1) is 45.1. The third-order valence-corrected chi connectivity index (χ3v) is 7.17. The molecule has 274 valence electrons. The predicted octanol–water partition coefficient (Wildman–Crippen LogP) is 6.25. The maximum absolute atomic E-state index is 11.8. The number of benzene rings is 2. The number of amides is 1. The van der Waals surface area contributed by atoms with Gasteiger partial charge in [-0.1, -0.05) is 64.0 Å². The van der Waals surface area contributed by atoms with Crippen LogP contribution in [0.4, 0.5) is 0 Å². The van der Waals surface area contributed by atoms with Crippen molar-refractivity contribution in [3.8, 4) is 0 Å². The van der Waals surface area contributed by atoms with Crippen LogP contribution in [0.5, 0.6) is 0 Å². The quantitative estimate of drug-likeness (QED) is 0.104. The number of primary amides is 1. The van der Waals surface area contributed by atoms with Gasteiger partial charge >= 0.3 is 11.9 Å². The van der Waals surface area contributed by atoms with Gasteiger partial charge in [0.2, 0.25) is 5.91 Å². The average molecular weight is 853 g/mol. The molecular formula is C37H44Cl2IN5O6. The number of esters is 2. The van der Waals surface area contributed by atoms with Crippen LogP contribution < -0.4 is 5.73 Å². The molecule has 0 unspecified atom stereocenters. The number of rotatable bonds is 11. The van der Waals surface area contributed by atoms with Crippen molar-refractivity contribution in [1.82, 2.24) is 19.8 Å². The van der Waals surface area contributed by atoms with E-state index in [-0.39, 0.29) is 30.5 Å². The summed E-state index contributed by atoms with van der Waals surface area (Å²) in [6.45, 7) is 2.29. The normalized spacial score (nSPS) is 10.6. The van der Waals surface area contributed by atoms with Crippen LogP contribution >= 0.6 is 45.8 Å². The van der Waals surface area contributed by atoms with Gasteiger partial charge in [-0.2, -0.15) is 0 Å². The van der Waals surface area contributed by atoms with Crippen LogP contribution in [0, 0.1) is 0 Å². The number of hydrogen-bond acceptors (Lipinski definition) is 10. The van der Waals surface area contributed by atoms with E-state index in [1.807, 2.05) is 71.1 Å². The number of allylic oxidation sites excluding steroid dienone is 1. The van der Waals surface area contributed by atoms with Gasteiger partial charge < -0.3 is 25.0 Å². The number of nitrogens with zero attached hydrogens (tertiary/aromatic N) is 4. The molecule has 0 atom stereocenters. The summed E-state index contributed by atoms with van der Waals surface area (Å²) in [5, 5.41) is 2.96. The highest BCUT2D eigenvalue weighted by Crippen LogP contribution is 2.19. The van der Waals surface area contributed by atoms with Gasteiger partial charge in [-0.3, -0.25) is 19.6 Å². The first-order valence-electron chi connectivity index (χ1n) is 15.4. The Morgan fingerprint density at radius 1 is 0.745 bits per heavy atom. The molecule has 0 aliphatic carbocycles. The Morgan fingerprint density at radius 3 is 1.59 bits per heavy atom. The Labute approximate surface area is 322 Å². The fourth-order valence-electron chi connectivity index (χ4n) is 3.90. The first-order chi connectivity index (χ1) is 24.2. The van der Waals surface area contributed by atoms with E-state index in [2.05, 4.69) is 57.4 Å². The number of ether oxygens (including phenoxy) is 2. The van der Waals surface area contributed by atoms with Crippen LogP contribution in [0.25, 0.3) is 21.8 Å². The van der Waals surface area contributed by atoms with Crippen molar-refractivity contribution in [1.29, 1.82) is 0 Å². The van der Waals surface area contributed by atoms with Crippen LogP contribution in [0.2, 0.25) is 10.0 Å². The smallest absolute Gasteiger partial charge is 0.330 e. The zero-order valence-electron chi connectivity index (χ0n) is 29.6. The second-order valence-electron chi connectivity index (χ2n) is 11.3. The number of carbonyl (C=O) groups excluding carboxylic acids is 4. The fraction of sp³-hybridized carbons (Fsp3) is 0.297. The summed E-state index contributed by atoms with van der Waals surface area (Å²) in [7, 11) is 11.0. The lowest BCUT2D eigenvalue weighted by Gasteiger charge is -2.13. The van der Waals surface area contributed by atoms with Crippen LogP contribution in [-0.4, -0.2) is 98.9 Å². The molecule has 2 aromatic carbocycles. The third-order valence-electron chi connectivity index (χ3n) is 6.40. The number of carbonyl (C=O) groups is 4. The van der Waals surface area contributed by atoms with E-state index < -0.39 is 5.97 Å². The summed E-state index contributed by atoms with van der Waals surface area (Å²) in [6.07, 6.45) is 8.03. The topological polar surface area (TPSA) is 145 Å². The van der Waals surface area contributed by atoms with Gasteiger partial charge in [0, 0.05) is 61.2 Å². The molecule has 11 nitrogen and oxygen atoms in total. The molecule has 0 aliphatic heterocycles. The molecule has 1 amide bonds. The highest BCUT2D eigenvalue weighted by Gasteiger charge is 2.05. The Balaban J connectivity index is 0.000000377. The largest absolute Gasteiger partial charge is 0.466 e. The van der Waals surface area contributed by atoms with Crippen molar-refractivity contribution in [3.63, 3.8) is 0 Å².